The van der Waals surface area contributed by atoms with Crippen molar-refractivity contribution in [2.24, 2.45) is 0 Å². The van der Waals surface area contributed by atoms with Gasteiger partial charge in [-0.1, -0.05) is 60.7 Å². The molecule has 0 atom stereocenters. The fourth-order valence-corrected chi connectivity index (χ4v) is 4.86. The lowest BCUT2D eigenvalue weighted by Gasteiger charge is -2.20. The van der Waals surface area contributed by atoms with Gasteiger partial charge in [0.05, 0.1) is 12.1 Å². The number of aromatic amines is 2. The topological polar surface area (TPSA) is 149 Å². The van der Waals surface area contributed by atoms with E-state index in [4.69, 9.17) is 9.47 Å². The molecule has 41 heavy (non-hydrogen) atoms. The van der Waals surface area contributed by atoms with Gasteiger partial charge in [0, 0.05) is 23.1 Å². The highest BCUT2D eigenvalue weighted by Crippen LogP contribution is 2.35. The summed E-state index contributed by atoms with van der Waals surface area (Å²) in [5, 5.41) is 28.5. The van der Waals surface area contributed by atoms with Crippen molar-refractivity contribution in [1.29, 1.82) is 0 Å². The fraction of sp³-hybridized carbons (Fsp3) is 0.207. The maximum atomic E-state index is 14.2. The van der Waals surface area contributed by atoms with E-state index >= 15 is 0 Å². The van der Waals surface area contributed by atoms with Crippen molar-refractivity contribution in [3.63, 3.8) is 0 Å². The number of benzene rings is 3. The van der Waals surface area contributed by atoms with E-state index in [9.17, 15) is 4.79 Å². The number of pyridine rings is 1. The number of fused-ring (bicyclic) bond motifs is 1. The molecule has 0 fully saturated rings. The molecule has 12 nitrogen and oxygen atoms in total. The predicted molar refractivity (Wildman–Crippen MR) is 149 cm³/mol. The van der Waals surface area contributed by atoms with Gasteiger partial charge in [-0.2, -0.15) is 0 Å². The lowest BCUT2D eigenvalue weighted by Crippen LogP contribution is -2.27. The van der Waals surface area contributed by atoms with E-state index in [0.29, 0.717) is 41.6 Å². The molecule has 12 heteroatoms. The molecular formula is C29H27N9O3. The lowest BCUT2D eigenvalue weighted by atomic mass is 9.97. The van der Waals surface area contributed by atoms with Gasteiger partial charge >= 0.3 is 0 Å². The second-order valence-electron chi connectivity index (χ2n) is 9.55. The first-order chi connectivity index (χ1) is 20.2. The Balaban J connectivity index is 1.49. The molecule has 0 radical (unpaired) electrons. The van der Waals surface area contributed by atoms with E-state index < -0.39 is 0 Å². The van der Waals surface area contributed by atoms with Crippen LogP contribution in [0.3, 0.4) is 0 Å². The highest BCUT2D eigenvalue weighted by atomic mass is 16.5. The van der Waals surface area contributed by atoms with E-state index in [0.717, 1.165) is 28.5 Å². The van der Waals surface area contributed by atoms with Crippen molar-refractivity contribution in [1.82, 2.24) is 45.8 Å². The summed E-state index contributed by atoms with van der Waals surface area (Å²) in [5.74, 6) is 1.98. The number of ether oxygens (including phenoxy) is 2. The second-order valence-corrected chi connectivity index (χ2v) is 9.55. The molecule has 3 aromatic carbocycles. The SMILES string of the molecule is Cc1c(CCc2ccccc2)c(=O)n(Cc2ccccc2)c2cc(OCc3nnn[nH]3)cc(OCc3nnn[nH]3)c12. The van der Waals surface area contributed by atoms with Gasteiger partial charge < -0.3 is 14.0 Å². The van der Waals surface area contributed by atoms with Crippen molar-refractivity contribution in [2.75, 3.05) is 0 Å². The fourth-order valence-electron chi connectivity index (χ4n) is 4.86. The zero-order valence-corrected chi connectivity index (χ0v) is 22.3. The van der Waals surface area contributed by atoms with Crippen molar-refractivity contribution in [3.8, 4) is 11.5 Å². The molecule has 0 unspecified atom stereocenters. The minimum absolute atomic E-state index is 0.0447. The Morgan fingerprint density at radius 1 is 0.780 bits per heavy atom. The van der Waals surface area contributed by atoms with Gasteiger partial charge in [-0.05, 0) is 57.3 Å². The quantitative estimate of drug-likeness (QED) is 0.248. The molecule has 2 N–H and O–H groups in total. The summed E-state index contributed by atoms with van der Waals surface area (Å²) in [4.78, 5) is 14.2. The van der Waals surface area contributed by atoms with Crippen LogP contribution in [-0.4, -0.2) is 45.8 Å². The molecule has 0 amide bonds. The maximum absolute atomic E-state index is 14.2. The molecule has 3 heterocycles. The Labute approximate surface area is 234 Å². The Kier molecular flexibility index (Phi) is 7.43. The first-order valence-corrected chi connectivity index (χ1v) is 13.1. The van der Waals surface area contributed by atoms with Gasteiger partial charge in [-0.25, -0.2) is 10.2 Å². The Hall–Kier alpha value is -5.39. The average Bonchev–Trinajstić information content (AvgIpc) is 3.73. The van der Waals surface area contributed by atoms with Gasteiger partial charge in [0.2, 0.25) is 0 Å². The van der Waals surface area contributed by atoms with Crippen molar-refractivity contribution in [2.45, 2.75) is 39.5 Å². The number of aromatic nitrogens is 9. The molecule has 6 aromatic rings. The van der Waals surface area contributed by atoms with E-state index in [1.54, 1.807) is 10.6 Å². The Morgan fingerprint density at radius 2 is 1.41 bits per heavy atom. The maximum Gasteiger partial charge on any atom is 0.254 e. The average molecular weight is 550 g/mol. The Morgan fingerprint density at radius 3 is 2.05 bits per heavy atom. The Bertz CT molecular complexity index is 1790. The normalized spacial score (nSPS) is 11.1. The molecule has 0 bridgehead atoms. The van der Waals surface area contributed by atoms with Crippen LogP contribution in [0.5, 0.6) is 11.5 Å². The lowest BCUT2D eigenvalue weighted by molar-refractivity contribution is 0.282. The third kappa shape index (κ3) is 5.81. The molecule has 0 saturated heterocycles. The van der Waals surface area contributed by atoms with Crippen LogP contribution in [-0.2, 0) is 32.6 Å². The number of nitrogens with one attached hydrogen (secondary N) is 2. The smallest absolute Gasteiger partial charge is 0.254 e. The summed E-state index contributed by atoms with van der Waals surface area (Å²) in [7, 11) is 0. The van der Waals surface area contributed by atoms with Gasteiger partial charge in [0.15, 0.2) is 11.6 Å². The van der Waals surface area contributed by atoms with E-state index in [1.165, 1.54) is 5.56 Å². The molecular weight excluding hydrogens is 522 g/mol. The molecule has 0 aliphatic rings. The summed E-state index contributed by atoms with van der Waals surface area (Å²) in [6.45, 7) is 2.57. The van der Waals surface area contributed by atoms with Crippen LogP contribution in [0.25, 0.3) is 10.9 Å². The second kappa shape index (κ2) is 11.8. The summed E-state index contributed by atoms with van der Waals surface area (Å²) < 4.78 is 14.1. The molecule has 3 aromatic heterocycles. The minimum atomic E-state index is -0.0447. The number of hydrogen-bond acceptors (Lipinski definition) is 9. The first kappa shape index (κ1) is 25.9. The largest absolute Gasteiger partial charge is 0.485 e. The number of rotatable bonds is 11. The van der Waals surface area contributed by atoms with Crippen LogP contribution in [0, 0.1) is 6.92 Å². The molecule has 0 saturated carbocycles. The first-order valence-electron chi connectivity index (χ1n) is 13.1. The monoisotopic (exact) mass is 549 g/mol. The van der Waals surface area contributed by atoms with E-state index in [1.807, 2.05) is 61.5 Å². The predicted octanol–water partition coefficient (Wildman–Crippen LogP) is 3.33. The highest BCUT2D eigenvalue weighted by Gasteiger charge is 2.20. The van der Waals surface area contributed by atoms with Gasteiger partial charge in [0.1, 0.15) is 24.7 Å². The van der Waals surface area contributed by atoms with Gasteiger partial charge in [-0.15, -0.1) is 10.2 Å². The zero-order valence-electron chi connectivity index (χ0n) is 22.3. The highest BCUT2D eigenvalue weighted by molar-refractivity contribution is 5.91. The third-order valence-electron chi connectivity index (χ3n) is 6.89. The van der Waals surface area contributed by atoms with Crippen LogP contribution in [0.2, 0.25) is 0 Å². The van der Waals surface area contributed by atoms with Crippen LogP contribution < -0.4 is 15.0 Å². The number of hydrogen-bond donors (Lipinski definition) is 2. The number of aryl methyl sites for hydroxylation is 2. The van der Waals surface area contributed by atoms with E-state index in [-0.39, 0.29) is 18.8 Å². The molecule has 206 valence electrons. The molecule has 0 spiro atoms. The molecule has 0 aliphatic heterocycles. The van der Waals surface area contributed by atoms with Crippen LogP contribution in [0.15, 0.2) is 77.6 Å². The number of tetrazole rings is 2. The third-order valence-corrected chi connectivity index (χ3v) is 6.89. The zero-order chi connectivity index (χ0) is 28.0. The molecule has 6 rings (SSSR count). The number of nitrogens with zero attached hydrogens (tertiary/aromatic N) is 7. The summed E-state index contributed by atoms with van der Waals surface area (Å²) in [5.41, 5.74) is 4.42. The summed E-state index contributed by atoms with van der Waals surface area (Å²) in [6, 6.07) is 23.7. The minimum Gasteiger partial charge on any atom is -0.485 e. The van der Waals surface area contributed by atoms with Gasteiger partial charge in [-0.3, -0.25) is 4.79 Å². The van der Waals surface area contributed by atoms with Crippen molar-refractivity contribution in [3.05, 3.63) is 117 Å². The van der Waals surface area contributed by atoms with E-state index in [2.05, 4.69) is 53.4 Å². The van der Waals surface area contributed by atoms with Crippen LogP contribution in [0.4, 0.5) is 0 Å². The van der Waals surface area contributed by atoms with Crippen molar-refractivity contribution >= 4 is 10.9 Å². The van der Waals surface area contributed by atoms with Crippen molar-refractivity contribution < 1.29 is 9.47 Å². The number of H-pyrrole nitrogens is 2. The van der Waals surface area contributed by atoms with Crippen LogP contribution >= 0.6 is 0 Å². The van der Waals surface area contributed by atoms with Gasteiger partial charge in [0.25, 0.3) is 5.56 Å². The van der Waals surface area contributed by atoms with Crippen LogP contribution in [0.1, 0.15) is 33.9 Å². The molecule has 0 aliphatic carbocycles. The summed E-state index contributed by atoms with van der Waals surface area (Å²) in [6.07, 6.45) is 1.32. The summed E-state index contributed by atoms with van der Waals surface area (Å²) >= 11 is 0. The standard InChI is InChI=1S/C29H27N9O3/c1-19-23(13-12-20-8-4-2-5-9-20)29(39)38(16-21-10-6-3-7-11-21)24-14-22(40-17-26-30-34-35-31-26)15-25(28(19)24)41-18-27-32-36-37-33-27/h2-11,14-15H,12-13,16-18H2,1H3,(H,30,31,34,35)(H,32,33,36,37).